The number of allylic oxidation sites excluding steroid dienone is 13. The summed E-state index contributed by atoms with van der Waals surface area (Å²) in [4.78, 5) is 40.3. The minimum absolute atomic E-state index is 0.0271. The van der Waals surface area contributed by atoms with Crippen molar-refractivity contribution in [1.29, 1.82) is 0 Å². The molecule has 9 nitrogen and oxygen atoms in total. The van der Waals surface area contributed by atoms with Gasteiger partial charge in [0.15, 0.2) is 0 Å². The Morgan fingerprint density at radius 2 is 0.711 bits per heavy atom. The Labute approximate surface area is 558 Å². The quantitative estimate of drug-likeness (QED) is 0.0212. The monoisotopic (exact) mass is 1280 g/mol. The minimum Gasteiger partial charge on any atom is -0.756 e. The van der Waals surface area contributed by atoms with Crippen molar-refractivity contribution in [3.63, 3.8) is 0 Å². The second-order valence-corrected chi connectivity index (χ2v) is 28.5. The minimum atomic E-state index is -4.71. The third kappa shape index (κ3) is 69.5. The summed E-state index contributed by atoms with van der Waals surface area (Å²) >= 11 is 0. The largest absolute Gasteiger partial charge is 0.756 e. The smallest absolute Gasteiger partial charge is 0.306 e. The number of carbonyl (C=O) groups excluding carboxylic acids is 2. The standard InChI is InChI=1S/C80H147N2O7P/c1-7-10-13-16-19-22-25-28-30-32-34-36-38-40-41-43-45-47-49-51-53-55-58-61-64-67-70-73-80(84)89-78(71-68-65-62-59-56-27-24-21-18-15-12-9-3)77(76-88-90(85,86)87-75-74-82(4,5)6)81-79(83)72-69-66-63-60-57-54-52-50-48-46-44-42-39-37-35-33-31-29-26-23-20-17-14-11-8-2/h11,14,20,23,29,31,35,37,42,44,48,50,68,71,77-78H,7-10,12-13,15-19,21-22,24-28,30,32-34,36,38-41,43,45-47,49,51-67,69-70,72-76H2,1-6H3,(H-,81,83,85,86)/b14-11-,23-20-,31-29-,37-35-,44-42-,50-48-,71-68+. The molecule has 10 heteroatoms. The molecule has 0 bridgehead atoms. The number of rotatable bonds is 70. The van der Waals surface area contributed by atoms with Crippen LogP contribution in [0.1, 0.15) is 361 Å². The Morgan fingerprint density at radius 1 is 0.400 bits per heavy atom. The number of ether oxygens (including phenoxy) is 1. The summed E-state index contributed by atoms with van der Waals surface area (Å²) in [6, 6.07) is -0.900. The third-order valence-corrected chi connectivity index (χ3v) is 18.1. The topological polar surface area (TPSA) is 114 Å². The first-order valence-electron chi connectivity index (χ1n) is 38.4. The van der Waals surface area contributed by atoms with Gasteiger partial charge in [0.05, 0.1) is 33.8 Å². The zero-order chi connectivity index (χ0) is 65.6. The maximum Gasteiger partial charge on any atom is 0.306 e. The number of hydrogen-bond donors (Lipinski definition) is 1. The van der Waals surface area contributed by atoms with E-state index in [0.717, 1.165) is 122 Å². The van der Waals surface area contributed by atoms with Gasteiger partial charge in [0.1, 0.15) is 19.3 Å². The van der Waals surface area contributed by atoms with Crippen molar-refractivity contribution in [2.75, 3.05) is 40.9 Å². The maximum atomic E-state index is 13.6. The molecule has 0 spiro atoms. The van der Waals surface area contributed by atoms with Crippen LogP contribution in [-0.4, -0.2) is 69.4 Å². The third-order valence-electron chi connectivity index (χ3n) is 17.1. The number of nitrogens with one attached hydrogen (secondary N) is 1. The normalized spacial score (nSPS) is 13.9. The van der Waals surface area contributed by atoms with Crippen molar-refractivity contribution in [2.45, 2.75) is 373 Å². The molecule has 0 aromatic heterocycles. The SMILES string of the molecule is CC/C=C\C/C=C\C/C=C\C/C=C\C/C=C\C/C=C\CCCCCCCCC(=O)NC(COP(=O)([O-])OCC[N+](C)(C)C)C(/C=C/CCCCCCCCCCCC)OC(=O)CCCCCCCCCCCCCCCCCCCCCCCCCCCCC. The van der Waals surface area contributed by atoms with Gasteiger partial charge in [-0.3, -0.25) is 14.2 Å². The summed E-state index contributed by atoms with van der Waals surface area (Å²) in [6.07, 6.45) is 93.0. The molecule has 524 valence electrons. The van der Waals surface area contributed by atoms with Crippen molar-refractivity contribution < 1.29 is 37.3 Å². The average molecular weight is 1280 g/mol. The zero-order valence-electron chi connectivity index (χ0n) is 60.1. The molecule has 0 fully saturated rings. The van der Waals surface area contributed by atoms with Crippen LogP contribution in [0.5, 0.6) is 0 Å². The first-order chi connectivity index (χ1) is 43.9. The van der Waals surface area contributed by atoms with Crippen LogP contribution < -0.4 is 10.2 Å². The highest BCUT2D eigenvalue weighted by atomic mass is 31.2. The van der Waals surface area contributed by atoms with Crippen LogP contribution in [0.3, 0.4) is 0 Å². The first-order valence-corrected chi connectivity index (χ1v) is 39.9. The molecule has 0 aliphatic carbocycles. The van der Waals surface area contributed by atoms with Crippen molar-refractivity contribution in [3.8, 4) is 0 Å². The van der Waals surface area contributed by atoms with Gasteiger partial charge < -0.3 is 28.5 Å². The number of amides is 1. The summed E-state index contributed by atoms with van der Waals surface area (Å²) < 4.78 is 30.5. The number of phosphoric acid groups is 1. The number of likely N-dealkylation sites (N-methyl/N-ethyl adjacent to an activating group) is 1. The Morgan fingerprint density at radius 3 is 1.07 bits per heavy atom. The van der Waals surface area contributed by atoms with E-state index in [1.165, 1.54) is 205 Å². The molecule has 0 aliphatic rings. The Kier molecular flexibility index (Phi) is 66.9. The fourth-order valence-electron chi connectivity index (χ4n) is 11.2. The van der Waals surface area contributed by atoms with E-state index in [9.17, 15) is 19.0 Å². The lowest BCUT2D eigenvalue weighted by atomic mass is 10.0. The van der Waals surface area contributed by atoms with Crippen molar-refractivity contribution >= 4 is 19.7 Å². The summed E-state index contributed by atoms with van der Waals surface area (Å²) in [5, 5.41) is 3.04. The number of quaternary nitrogens is 1. The van der Waals surface area contributed by atoms with E-state index in [-0.39, 0.29) is 24.9 Å². The average Bonchev–Trinajstić information content (AvgIpc) is 3.11. The van der Waals surface area contributed by atoms with Gasteiger partial charge >= 0.3 is 5.97 Å². The molecule has 0 aliphatic heterocycles. The molecule has 0 aromatic carbocycles. The number of esters is 1. The summed E-state index contributed by atoms with van der Waals surface area (Å²) in [7, 11) is 1.18. The van der Waals surface area contributed by atoms with Gasteiger partial charge in [-0.05, 0) is 83.1 Å². The predicted molar refractivity (Wildman–Crippen MR) is 390 cm³/mol. The number of unbranched alkanes of at least 4 members (excludes halogenated alkanes) is 42. The van der Waals surface area contributed by atoms with E-state index in [0.29, 0.717) is 17.4 Å². The summed E-state index contributed by atoms with van der Waals surface area (Å²) in [5.41, 5.74) is 0. The van der Waals surface area contributed by atoms with Crippen molar-refractivity contribution in [2.24, 2.45) is 0 Å². The molecule has 90 heavy (non-hydrogen) atoms. The van der Waals surface area contributed by atoms with Crippen LogP contribution in [0.15, 0.2) is 85.1 Å². The van der Waals surface area contributed by atoms with Gasteiger partial charge in [-0.1, -0.05) is 350 Å². The second-order valence-electron chi connectivity index (χ2n) is 27.1. The van der Waals surface area contributed by atoms with E-state index in [4.69, 9.17) is 13.8 Å². The van der Waals surface area contributed by atoms with Crippen LogP contribution in [0.2, 0.25) is 0 Å². The van der Waals surface area contributed by atoms with E-state index in [1.54, 1.807) is 0 Å². The molecule has 1 N–H and O–H groups in total. The molecule has 0 saturated carbocycles. The Balaban J connectivity index is 4.99. The molecule has 0 aromatic rings. The molecule has 1 amide bonds. The van der Waals surface area contributed by atoms with Gasteiger partial charge in [-0.2, -0.15) is 0 Å². The lowest BCUT2D eigenvalue weighted by molar-refractivity contribution is -0.870. The van der Waals surface area contributed by atoms with Crippen LogP contribution in [-0.2, 0) is 27.9 Å². The zero-order valence-corrected chi connectivity index (χ0v) is 61.0. The first kappa shape index (κ1) is 87.2. The summed E-state index contributed by atoms with van der Waals surface area (Å²) in [5.74, 6) is -0.546. The van der Waals surface area contributed by atoms with E-state index in [2.05, 4.69) is 99.0 Å². The fourth-order valence-corrected chi connectivity index (χ4v) is 12.0. The molecule has 0 heterocycles. The Hall–Kier alpha value is -2.81. The van der Waals surface area contributed by atoms with Crippen LogP contribution in [0.25, 0.3) is 0 Å². The van der Waals surface area contributed by atoms with E-state index in [1.807, 2.05) is 33.3 Å². The number of hydrogen-bond acceptors (Lipinski definition) is 7. The molecule has 3 unspecified atom stereocenters. The molecule has 3 atom stereocenters. The van der Waals surface area contributed by atoms with E-state index < -0.39 is 26.6 Å². The van der Waals surface area contributed by atoms with Gasteiger partial charge in [0.25, 0.3) is 7.82 Å². The molecule has 0 radical (unpaired) electrons. The number of carbonyl (C=O) groups is 2. The van der Waals surface area contributed by atoms with Crippen LogP contribution >= 0.6 is 7.82 Å². The molecule has 0 saturated heterocycles. The van der Waals surface area contributed by atoms with Gasteiger partial charge in [0.2, 0.25) is 5.91 Å². The number of nitrogens with zero attached hydrogens (tertiary/aromatic N) is 1. The summed E-state index contributed by atoms with van der Waals surface area (Å²) in [6.45, 7) is 6.76. The predicted octanol–water partition coefficient (Wildman–Crippen LogP) is 24.2. The van der Waals surface area contributed by atoms with Crippen molar-refractivity contribution in [1.82, 2.24) is 5.32 Å². The Bertz CT molecular complexity index is 1810. The van der Waals surface area contributed by atoms with Crippen molar-refractivity contribution in [3.05, 3.63) is 85.1 Å². The molecular weight excluding hydrogens is 1130 g/mol. The maximum absolute atomic E-state index is 13.6. The number of phosphoric ester groups is 1. The molecular formula is C80H147N2O7P. The fraction of sp³-hybridized carbons (Fsp3) is 0.800. The lowest BCUT2D eigenvalue weighted by Crippen LogP contribution is -2.47. The highest BCUT2D eigenvalue weighted by Gasteiger charge is 2.27. The van der Waals surface area contributed by atoms with E-state index >= 15 is 0 Å². The van der Waals surface area contributed by atoms with Crippen LogP contribution in [0.4, 0.5) is 0 Å². The van der Waals surface area contributed by atoms with Crippen LogP contribution in [0, 0.1) is 0 Å². The second kappa shape index (κ2) is 69.0. The van der Waals surface area contributed by atoms with Gasteiger partial charge in [-0.25, -0.2) is 0 Å². The van der Waals surface area contributed by atoms with Gasteiger partial charge in [-0.15, -0.1) is 0 Å². The highest BCUT2D eigenvalue weighted by Crippen LogP contribution is 2.38. The molecule has 0 rings (SSSR count). The lowest BCUT2D eigenvalue weighted by Gasteiger charge is -2.30. The highest BCUT2D eigenvalue weighted by molar-refractivity contribution is 7.45. The van der Waals surface area contributed by atoms with Gasteiger partial charge in [0, 0.05) is 12.8 Å².